The van der Waals surface area contributed by atoms with Gasteiger partial charge in [0.15, 0.2) is 5.76 Å². The van der Waals surface area contributed by atoms with Gasteiger partial charge in [0, 0.05) is 5.56 Å². The van der Waals surface area contributed by atoms with Gasteiger partial charge in [-0.25, -0.2) is 4.79 Å². The molecular weight excluding hydrogens is 456 g/mol. The van der Waals surface area contributed by atoms with Gasteiger partial charge in [0.2, 0.25) is 0 Å². The lowest BCUT2D eigenvalue weighted by atomic mass is 9.88. The summed E-state index contributed by atoms with van der Waals surface area (Å²) in [6.45, 7) is 3.53. The summed E-state index contributed by atoms with van der Waals surface area (Å²) >= 11 is 0. The molecule has 1 aromatic heterocycles. The van der Waals surface area contributed by atoms with Gasteiger partial charge >= 0.3 is 12.1 Å². The second-order valence-electron chi connectivity index (χ2n) is 9.06. The molecule has 1 aliphatic carbocycles. The maximum atomic E-state index is 12.6. The second-order valence-corrected chi connectivity index (χ2v) is 9.06. The Morgan fingerprint density at radius 2 is 1.61 bits per heavy atom. The van der Waals surface area contributed by atoms with E-state index in [0.29, 0.717) is 30.0 Å². The van der Waals surface area contributed by atoms with Crippen LogP contribution in [0.15, 0.2) is 83.4 Å². The van der Waals surface area contributed by atoms with Crippen molar-refractivity contribution in [3.8, 4) is 22.4 Å². The van der Waals surface area contributed by atoms with Gasteiger partial charge in [0.25, 0.3) is 0 Å². The number of amides is 1. The Balaban J connectivity index is 1.37. The van der Waals surface area contributed by atoms with Crippen LogP contribution in [0, 0.1) is 6.92 Å². The SMILES string of the molecule is Cc1onc(-c2ccc(-c3ccccc3C3(C(=O)O)CC3)cc2)c1NC(=O)O[C@H](C)c1ccccc1. The van der Waals surface area contributed by atoms with E-state index >= 15 is 0 Å². The summed E-state index contributed by atoms with van der Waals surface area (Å²) in [5.41, 5.74) is 4.41. The van der Waals surface area contributed by atoms with E-state index in [2.05, 4.69) is 10.5 Å². The van der Waals surface area contributed by atoms with E-state index in [1.807, 2.05) is 85.8 Å². The molecule has 7 nitrogen and oxygen atoms in total. The van der Waals surface area contributed by atoms with Crippen LogP contribution in [0.4, 0.5) is 10.5 Å². The van der Waals surface area contributed by atoms with Crippen LogP contribution in [-0.4, -0.2) is 22.3 Å². The number of aromatic nitrogens is 1. The lowest BCUT2D eigenvalue weighted by molar-refractivity contribution is -0.140. The number of ether oxygens (including phenoxy) is 1. The van der Waals surface area contributed by atoms with Crippen LogP contribution in [0.25, 0.3) is 22.4 Å². The molecule has 1 saturated carbocycles. The van der Waals surface area contributed by atoms with Gasteiger partial charge in [-0.3, -0.25) is 10.1 Å². The second kappa shape index (κ2) is 9.34. The molecule has 1 heterocycles. The van der Waals surface area contributed by atoms with Gasteiger partial charge in [-0.15, -0.1) is 0 Å². The van der Waals surface area contributed by atoms with Crippen molar-refractivity contribution in [2.24, 2.45) is 0 Å². The molecule has 3 aromatic carbocycles. The molecule has 0 radical (unpaired) electrons. The number of rotatable bonds is 7. The van der Waals surface area contributed by atoms with Crippen LogP contribution in [0.5, 0.6) is 0 Å². The molecule has 0 spiro atoms. The smallest absolute Gasteiger partial charge is 0.412 e. The Bertz CT molecular complexity index is 1410. The van der Waals surface area contributed by atoms with Crippen molar-refractivity contribution >= 4 is 17.7 Å². The molecule has 0 saturated heterocycles. The highest BCUT2D eigenvalue weighted by Crippen LogP contribution is 2.51. The molecule has 36 heavy (non-hydrogen) atoms. The average molecular weight is 483 g/mol. The molecule has 1 aliphatic rings. The first-order valence-electron chi connectivity index (χ1n) is 11.8. The number of nitrogens with zero attached hydrogens (tertiary/aromatic N) is 1. The van der Waals surface area contributed by atoms with Crippen molar-refractivity contribution in [1.29, 1.82) is 0 Å². The molecular formula is C29H26N2O5. The predicted octanol–water partition coefficient (Wildman–Crippen LogP) is 6.74. The molecule has 1 fully saturated rings. The molecule has 182 valence electrons. The molecule has 4 aromatic rings. The highest BCUT2D eigenvalue weighted by atomic mass is 16.6. The zero-order valence-corrected chi connectivity index (χ0v) is 20.0. The zero-order chi connectivity index (χ0) is 25.3. The van der Waals surface area contributed by atoms with Gasteiger partial charge in [0.1, 0.15) is 17.5 Å². The lowest BCUT2D eigenvalue weighted by Gasteiger charge is -2.16. The van der Waals surface area contributed by atoms with Crippen molar-refractivity contribution in [3.63, 3.8) is 0 Å². The quantitative estimate of drug-likeness (QED) is 0.302. The van der Waals surface area contributed by atoms with Gasteiger partial charge in [-0.2, -0.15) is 0 Å². The van der Waals surface area contributed by atoms with Gasteiger partial charge < -0.3 is 14.4 Å². The van der Waals surface area contributed by atoms with E-state index in [0.717, 1.165) is 27.8 Å². The summed E-state index contributed by atoms with van der Waals surface area (Å²) in [4.78, 5) is 24.5. The third-order valence-electron chi connectivity index (χ3n) is 6.71. The number of benzene rings is 3. The fraction of sp³-hybridized carbons (Fsp3) is 0.207. The zero-order valence-electron chi connectivity index (χ0n) is 20.0. The molecule has 0 bridgehead atoms. The first-order chi connectivity index (χ1) is 17.4. The Labute approximate surface area is 208 Å². The van der Waals surface area contributed by atoms with Crippen molar-refractivity contribution < 1.29 is 24.0 Å². The van der Waals surface area contributed by atoms with Crippen LogP contribution >= 0.6 is 0 Å². The molecule has 1 atom stereocenters. The number of carboxylic acids is 1. The minimum atomic E-state index is -0.799. The number of carboxylic acid groups (broad SMARTS) is 1. The van der Waals surface area contributed by atoms with Crippen molar-refractivity contribution in [2.45, 2.75) is 38.2 Å². The number of nitrogens with one attached hydrogen (secondary N) is 1. The number of aliphatic carboxylic acids is 1. The number of carbonyl (C=O) groups is 2. The van der Waals surface area contributed by atoms with E-state index in [1.165, 1.54) is 0 Å². The summed E-state index contributed by atoms with van der Waals surface area (Å²) in [5, 5.41) is 16.7. The fourth-order valence-electron chi connectivity index (χ4n) is 4.48. The van der Waals surface area contributed by atoms with Crippen LogP contribution in [-0.2, 0) is 14.9 Å². The summed E-state index contributed by atoms with van der Waals surface area (Å²) in [6, 6.07) is 24.7. The fourth-order valence-corrected chi connectivity index (χ4v) is 4.48. The van der Waals surface area contributed by atoms with E-state index in [4.69, 9.17) is 9.26 Å². The maximum Gasteiger partial charge on any atom is 0.412 e. The summed E-state index contributed by atoms with van der Waals surface area (Å²) in [5.74, 6) is -0.324. The summed E-state index contributed by atoms with van der Waals surface area (Å²) < 4.78 is 10.9. The van der Waals surface area contributed by atoms with Crippen LogP contribution in [0.3, 0.4) is 0 Å². The number of hydrogen-bond acceptors (Lipinski definition) is 5. The average Bonchev–Trinajstić information content (AvgIpc) is 3.64. The summed E-state index contributed by atoms with van der Waals surface area (Å²) in [7, 11) is 0. The third-order valence-corrected chi connectivity index (χ3v) is 6.71. The number of carbonyl (C=O) groups excluding carboxylic acids is 1. The molecule has 2 N–H and O–H groups in total. The van der Waals surface area contributed by atoms with Crippen molar-refractivity contribution in [2.75, 3.05) is 5.32 Å². The highest BCUT2D eigenvalue weighted by Gasteiger charge is 2.52. The Morgan fingerprint density at radius 1 is 0.972 bits per heavy atom. The topological polar surface area (TPSA) is 102 Å². The summed E-state index contributed by atoms with van der Waals surface area (Å²) in [6.07, 6.45) is 0.260. The highest BCUT2D eigenvalue weighted by molar-refractivity contribution is 5.92. The van der Waals surface area contributed by atoms with Crippen molar-refractivity contribution in [3.05, 3.63) is 95.7 Å². The Hall–Kier alpha value is -4.39. The van der Waals surface area contributed by atoms with Crippen LogP contribution in [0.1, 0.15) is 42.8 Å². The lowest BCUT2D eigenvalue weighted by Crippen LogP contribution is -2.20. The first kappa shape index (κ1) is 23.4. The normalized spacial score (nSPS) is 14.6. The maximum absolute atomic E-state index is 12.6. The predicted molar refractivity (Wildman–Crippen MR) is 136 cm³/mol. The Kier molecular flexibility index (Phi) is 6.06. The molecule has 7 heteroatoms. The third kappa shape index (κ3) is 4.35. The largest absolute Gasteiger partial charge is 0.481 e. The minimum Gasteiger partial charge on any atom is -0.481 e. The van der Waals surface area contributed by atoms with E-state index in [-0.39, 0.29) is 0 Å². The monoisotopic (exact) mass is 482 g/mol. The van der Waals surface area contributed by atoms with Crippen LogP contribution in [0.2, 0.25) is 0 Å². The standard InChI is InChI=1S/C29H26N2O5/c1-18(20-8-4-3-5-9-20)35-28(34)30-25-19(2)36-31-26(25)22-14-12-21(13-15-22)23-10-6-7-11-24(23)29(16-17-29)27(32)33/h3-15,18H,16-17H2,1-2H3,(H,30,34)(H,32,33)/t18-/m1/s1. The van der Waals surface area contributed by atoms with Gasteiger partial charge in [0.05, 0.1) is 5.41 Å². The van der Waals surface area contributed by atoms with E-state index < -0.39 is 23.6 Å². The first-order valence-corrected chi connectivity index (χ1v) is 11.8. The van der Waals surface area contributed by atoms with Crippen LogP contribution < -0.4 is 5.32 Å². The van der Waals surface area contributed by atoms with Gasteiger partial charge in [-0.1, -0.05) is 84.0 Å². The number of aryl methyl sites for hydroxylation is 1. The molecule has 5 rings (SSSR count). The number of hydrogen-bond donors (Lipinski definition) is 2. The Morgan fingerprint density at radius 3 is 2.28 bits per heavy atom. The van der Waals surface area contributed by atoms with Crippen molar-refractivity contribution in [1.82, 2.24) is 5.16 Å². The van der Waals surface area contributed by atoms with Gasteiger partial charge in [-0.05, 0) is 48.9 Å². The molecule has 0 unspecified atom stereocenters. The molecule has 0 aliphatic heterocycles. The van der Waals surface area contributed by atoms with E-state index in [1.54, 1.807) is 6.92 Å². The minimum absolute atomic E-state index is 0.422. The van der Waals surface area contributed by atoms with E-state index in [9.17, 15) is 14.7 Å². The number of anilines is 1. The molecule has 1 amide bonds.